The predicted octanol–water partition coefficient (Wildman–Crippen LogP) is 3.10. The van der Waals surface area contributed by atoms with Crippen molar-refractivity contribution in [2.75, 3.05) is 7.11 Å². The van der Waals surface area contributed by atoms with Crippen LogP contribution in [0, 0.1) is 0 Å². The van der Waals surface area contributed by atoms with E-state index in [0.29, 0.717) is 28.5 Å². The van der Waals surface area contributed by atoms with Crippen LogP contribution in [0.15, 0.2) is 42.6 Å². The monoisotopic (exact) mass is 359 g/mol. The molecule has 1 N–H and O–H groups in total. The fraction of sp³-hybridized carbons (Fsp3) is 0.278. The van der Waals surface area contributed by atoms with E-state index >= 15 is 0 Å². The summed E-state index contributed by atoms with van der Waals surface area (Å²) < 4.78 is 5.21. The van der Waals surface area contributed by atoms with Gasteiger partial charge in [0.1, 0.15) is 5.54 Å². The number of hydrogen-bond donors (Lipinski definition) is 1. The molecule has 1 aliphatic heterocycles. The van der Waals surface area contributed by atoms with Gasteiger partial charge in [-0.05, 0) is 30.2 Å². The van der Waals surface area contributed by atoms with E-state index in [1.54, 1.807) is 42.6 Å². The van der Waals surface area contributed by atoms with Gasteiger partial charge < -0.3 is 10.1 Å². The zero-order chi connectivity index (χ0) is 18.0. The van der Waals surface area contributed by atoms with E-state index in [2.05, 4.69) is 10.3 Å². The number of nitrogens with one attached hydrogen (secondary N) is 1. The number of rotatable bonds is 5. The van der Waals surface area contributed by atoms with Crippen LogP contribution < -0.4 is 10.1 Å². The Bertz CT molecular complexity index is 809. The van der Waals surface area contributed by atoms with E-state index in [1.807, 2.05) is 6.92 Å². The first-order valence-corrected chi connectivity index (χ1v) is 8.27. The molecule has 1 aromatic carbocycles. The normalized spacial score (nSPS) is 19.9. The molecule has 7 heteroatoms. The first-order chi connectivity index (χ1) is 12.0. The molecule has 1 saturated heterocycles. The molecule has 1 aliphatic rings. The lowest BCUT2D eigenvalue weighted by Crippen LogP contribution is -2.43. The van der Waals surface area contributed by atoms with Crippen LogP contribution in [-0.4, -0.2) is 28.9 Å². The lowest BCUT2D eigenvalue weighted by Gasteiger charge is -2.26. The third-order valence-corrected chi connectivity index (χ3v) is 4.67. The van der Waals surface area contributed by atoms with Gasteiger partial charge in [-0.3, -0.25) is 9.69 Å². The number of methoxy groups -OCH3 is 1. The molecule has 25 heavy (non-hydrogen) atoms. The number of urea groups is 1. The molecule has 0 bridgehead atoms. The topological polar surface area (TPSA) is 71.5 Å². The molecule has 130 valence electrons. The molecule has 0 radical (unpaired) electrons. The maximum atomic E-state index is 13.1. The standard InChI is InChI=1S/C18H18ClN3O3/c1-3-18(13-6-8-14(19)9-7-13)16(23)22(17(24)21-18)11-12-5-4-10-20-15(12)25-2/h4-10H,3,11H2,1-2H3,(H,21,24)/t18-/m0/s1. The summed E-state index contributed by atoms with van der Waals surface area (Å²) in [5.74, 6) is 0.0943. The Morgan fingerprint density at radius 2 is 1.96 bits per heavy atom. The van der Waals surface area contributed by atoms with Gasteiger partial charge in [0, 0.05) is 16.8 Å². The first kappa shape index (κ1) is 17.2. The van der Waals surface area contributed by atoms with Crippen molar-refractivity contribution in [3.63, 3.8) is 0 Å². The molecule has 0 unspecified atom stereocenters. The first-order valence-electron chi connectivity index (χ1n) is 7.90. The van der Waals surface area contributed by atoms with Crippen molar-refractivity contribution < 1.29 is 14.3 Å². The van der Waals surface area contributed by atoms with Gasteiger partial charge in [0.25, 0.3) is 5.91 Å². The van der Waals surface area contributed by atoms with E-state index < -0.39 is 11.6 Å². The minimum atomic E-state index is -1.09. The predicted molar refractivity (Wildman–Crippen MR) is 93.3 cm³/mol. The van der Waals surface area contributed by atoms with Crippen LogP contribution in [0.4, 0.5) is 4.79 Å². The van der Waals surface area contributed by atoms with Crippen molar-refractivity contribution in [3.05, 3.63) is 58.7 Å². The number of nitrogens with zero attached hydrogens (tertiary/aromatic N) is 2. The number of carbonyl (C=O) groups excluding carboxylic acids is 2. The molecule has 1 atom stereocenters. The van der Waals surface area contributed by atoms with Gasteiger partial charge in [-0.1, -0.05) is 36.7 Å². The molecule has 0 saturated carbocycles. The molecule has 3 amide bonds. The molecule has 0 spiro atoms. The smallest absolute Gasteiger partial charge is 0.325 e. The lowest BCUT2D eigenvalue weighted by atomic mass is 9.87. The van der Waals surface area contributed by atoms with Gasteiger partial charge in [0.2, 0.25) is 5.88 Å². The molecule has 2 aromatic rings. The summed E-state index contributed by atoms with van der Waals surface area (Å²) in [6, 6.07) is 10.0. The third-order valence-electron chi connectivity index (χ3n) is 4.41. The van der Waals surface area contributed by atoms with Gasteiger partial charge in [0.15, 0.2) is 0 Å². The summed E-state index contributed by atoms with van der Waals surface area (Å²) in [5, 5.41) is 3.42. The van der Waals surface area contributed by atoms with Crippen molar-refractivity contribution in [1.29, 1.82) is 0 Å². The average Bonchev–Trinajstić information content (AvgIpc) is 2.88. The molecular formula is C18H18ClN3O3. The molecular weight excluding hydrogens is 342 g/mol. The van der Waals surface area contributed by atoms with Gasteiger partial charge in [0.05, 0.1) is 13.7 Å². The van der Waals surface area contributed by atoms with Crippen LogP contribution in [0.5, 0.6) is 5.88 Å². The molecule has 6 nitrogen and oxygen atoms in total. The SMILES string of the molecule is CC[C@@]1(c2ccc(Cl)cc2)NC(=O)N(Cc2cccnc2OC)C1=O. The van der Waals surface area contributed by atoms with Crippen LogP contribution in [0.3, 0.4) is 0 Å². The van der Waals surface area contributed by atoms with Gasteiger partial charge in [-0.15, -0.1) is 0 Å². The van der Waals surface area contributed by atoms with E-state index in [4.69, 9.17) is 16.3 Å². The van der Waals surface area contributed by atoms with Crippen molar-refractivity contribution in [1.82, 2.24) is 15.2 Å². The summed E-state index contributed by atoms with van der Waals surface area (Å²) in [5.41, 5.74) is 0.284. The number of imide groups is 1. The summed E-state index contributed by atoms with van der Waals surface area (Å²) in [6.07, 6.45) is 2.03. The highest BCUT2D eigenvalue weighted by Crippen LogP contribution is 2.34. The Kier molecular flexibility index (Phi) is 4.63. The van der Waals surface area contributed by atoms with E-state index in [1.165, 1.54) is 12.0 Å². The maximum absolute atomic E-state index is 13.1. The highest BCUT2D eigenvalue weighted by atomic mass is 35.5. The van der Waals surface area contributed by atoms with Gasteiger partial charge >= 0.3 is 6.03 Å². The van der Waals surface area contributed by atoms with Crippen LogP contribution in [0.2, 0.25) is 5.02 Å². The Balaban J connectivity index is 1.94. The highest BCUT2D eigenvalue weighted by molar-refractivity contribution is 6.30. The van der Waals surface area contributed by atoms with Crippen molar-refractivity contribution in [2.45, 2.75) is 25.4 Å². The van der Waals surface area contributed by atoms with E-state index in [0.717, 1.165) is 0 Å². The average molecular weight is 360 g/mol. The number of amides is 3. The number of halogens is 1. The van der Waals surface area contributed by atoms with Gasteiger partial charge in [-0.25, -0.2) is 9.78 Å². The molecule has 0 aliphatic carbocycles. The van der Waals surface area contributed by atoms with E-state index in [9.17, 15) is 9.59 Å². The fourth-order valence-electron chi connectivity index (χ4n) is 3.04. The minimum Gasteiger partial charge on any atom is -0.481 e. The van der Waals surface area contributed by atoms with E-state index in [-0.39, 0.29) is 12.5 Å². The maximum Gasteiger partial charge on any atom is 0.325 e. The second-order valence-electron chi connectivity index (χ2n) is 5.76. The second kappa shape index (κ2) is 6.72. The molecule has 1 fully saturated rings. The lowest BCUT2D eigenvalue weighted by molar-refractivity contribution is -0.132. The van der Waals surface area contributed by atoms with Crippen molar-refractivity contribution in [3.8, 4) is 5.88 Å². The second-order valence-corrected chi connectivity index (χ2v) is 6.20. The van der Waals surface area contributed by atoms with Crippen LogP contribution >= 0.6 is 11.6 Å². The largest absolute Gasteiger partial charge is 0.481 e. The fourth-order valence-corrected chi connectivity index (χ4v) is 3.17. The van der Waals surface area contributed by atoms with Crippen molar-refractivity contribution >= 4 is 23.5 Å². The Morgan fingerprint density at radius 1 is 1.24 bits per heavy atom. The number of pyridine rings is 1. The molecule has 2 heterocycles. The number of ether oxygens (including phenoxy) is 1. The Hall–Kier alpha value is -2.60. The Labute approximate surface area is 150 Å². The Morgan fingerprint density at radius 3 is 2.60 bits per heavy atom. The summed E-state index contributed by atoms with van der Waals surface area (Å²) in [6.45, 7) is 1.96. The summed E-state index contributed by atoms with van der Waals surface area (Å²) in [7, 11) is 1.50. The van der Waals surface area contributed by atoms with Crippen LogP contribution in [-0.2, 0) is 16.9 Å². The number of carbonyl (C=O) groups is 2. The van der Waals surface area contributed by atoms with Gasteiger partial charge in [-0.2, -0.15) is 0 Å². The van der Waals surface area contributed by atoms with Crippen LogP contribution in [0.25, 0.3) is 0 Å². The minimum absolute atomic E-state index is 0.0943. The quantitative estimate of drug-likeness (QED) is 0.833. The number of benzene rings is 1. The third kappa shape index (κ3) is 2.93. The highest BCUT2D eigenvalue weighted by Gasteiger charge is 2.51. The number of aromatic nitrogens is 1. The van der Waals surface area contributed by atoms with Crippen LogP contribution in [0.1, 0.15) is 24.5 Å². The van der Waals surface area contributed by atoms with Crippen molar-refractivity contribution in [2.24, 2.45) is 0 Å². The zero-order valence-electron chi connectivity index (χ0n) is 14.0. The summed E-state index contributed by atoms with van der Waals surface area (Å²) in [4.78, 5) is 30.9. The summed E-state index contributed by atoms with van der Waals surface area (Å²) >= 11 is 5.94. The number of hydrogen-bond acceptors (Lipinski definition) is 4. The zero-order valence-corrected chi connectivity index (χ0v) is 14.7. The molecule has 1 aromatic heterocycles. The molecule has 3 rings (SSSR count).